The lowest BCUT2D eigenvalue weighted by Crippen LogP contribution is -2.15. The second-order valence-electron chi connectivity index (χ2n) is 5.41. The van der Waals surface area contributed by atoms with Gasteiger partial charge in [-0.1, -0.05) is 36.4 Å². The van der Waals surface area contributed by atoms with Crippen LogP contribution in [0.5, 0.6) is 5.75 Å². The molecule has 25 heavy (non-hydrogen) atoms. The van der Waals surface area contributed by atoms with Crippen molar-refractivity contribution >= 4 is 22.5 Å². The van der Waals surface area contributed by atoms with Gasteiger partial charge >= 0.3 is 5.97 Å². The van der Waals surface area contributed by atoms with Crippen LogP contribution >= 0.6 is 0 Å². The largest absolute Gasteiger partial charge is 0.496 e. The maximum absolute atomic E-state index is 13.2. The van der Waals surface area contributed by atoms with Crippen molar-refractivity contribution in [3.05, 3.63) is 77.6 Å². The fraction of sp³-hybridized carbons (Fsp3) is 0.100. The summed E-state index contributed by atoms with van der Waals surface area (Å²) in [5, 5.41) is 1.78. The number of hydrogen-bond acceptors (Lipinski definition) is 4. The molecule has 0 aliphatic heterocycles. The first kappa shape index (κ1) is 16.6. The summed E-state index contributed by atoms with van der Waals surface area (Å²) in [6, 6.07) is 16.1. The van der Waals surface area contributed by atoms with E-state index in [1.54, 1.807) is 12.1 Å². The van der Waals surface area contributed by atoms with Crippen molar-refractivity contribution in [2.24, 2.45) is 0 Å². The lowest BCUT2D eigenvalue weighted by Gasteiger charge is -2.10. The van der Waals surface area contributed by atoms with Crippen LogP contribution in [0.3, 0.4) is 0 Å². The lowest BCUT2D eigenvalue weighted by atomic mass is 10.1. The molecule has 3 aromatic carbocycles. The van der Waals surface area contributed by atoms with Crippen molar-refractivity contribution in [1.82, 2.24) is 0 Å². The van der Waals surface area contributed by atoms with E-state index in [1.165, 1.54) is 25.3 Å². The Balaban J connectivity index is 1.79. The molecule has 0 heterocycles. The minimum Gasteiger partial charge on any atom is -0.496 e. The first-order chi connectivity index (χ1) is 12.1. The van der Waals surface area contributed by atoms with E-state index >= 15 is 0 Å². The topological polar surface area (TPSA) is 52.6 Å². The normalized spacial score (nSPS) is 10.5. The lowest BCUT2D eigenvalue weighted by molar-refractivity contribution is 0.0471. The molecule has 0 aliphatic carbocycles. The molecule has 0 bridgehead atoms. The van der Waals surface area contributed by atoms with Gasteiger partial charge < -0.3 is 9.47 Å². The molecule has 0 N–H and O–H groups in total. The predicted molar refractivity (Wildman–Crippen MR) is 91.5 cm³/mol. The quantitative estimate of drug-likeness (QED) is 0.521. The summed E-state index contributed by atoms with van der Waals surface area (Å²) < 4.78 is 23.5. The number of rotatable bonds is 5. The fourth-order valence-corrected chi connectivity index (χ4v) is 2.50. The molecular formula is C20H15FO4. The smallest absolute Gasteiger partial charge is 0.342 e. The number of Topliss-reactive ketones (excluding diaryl/α,β-unsaturated/α-hetero) is 1. The highest BCUT2D eigenvalue weighted by Gasteiger charge is 2.17. The van der Waals surface area contributed by atoms with Crippen LogP contribution in [0.25, 0.3) is 10.8 Å². The Morgan fingerprint density at radius 2 is 1.68 bits per heavy atom. The highest BCUT2D eigenvalue weighted by Crippen LogP contribution is 2.26. The number of carbonyl (C=O) groups is 2. The molecule has 3 rings (SSSR count). The average Bonchev–Trinajstić information content (AvgIpc) is 2.64. The molecule has 0 saturated heterocycles. The van der Waals surface area contributed by atoms with Crippen LogP contribution in [-0.4, -0.2) is 25.5 Å². The number of ketones is 1. The molecule has 3 aromatic rings. The van der Waals surface area contributed by atoms with Crippen LogP contribution in [0.15, 0.2) is 60.7 Å². The molecular weight excluding hydrogens is 323 g/mol. The zero-order valence-electron chi connectivity index (χ0n) is 13.5. The van der Waals surface area contributed by atoms with Gasteiger partial charge in [-0.3, -0.25) is 4.79 Å². The Kier molecular flexibility index (Phi) is 4.75. The first-order valence-electron chi connectivity index (χ1n) is 7.61. The Morgan fingerprint density at radius 1 is 0.960 bits per heavy atom. The van der Waals surface area contributed by atoms with E-state index in [0.29, 0.717) is 5.75 Å². The van der Waals surface area contributed by atoms with Gasteiger partial charge in [-0.05, 0) is 35.0 Å². The van der Waals surface area contributed by atoms with Gasteiger partial charge in [0.2, 0.25) is 0 Å². The van der Waals surface area contributed by atoms with Gasteiger partial charge in [0, 0.05) is 5.56 Å². The summed E-state index contributed by atoms with van der Waals surface area (Å²) in [5.41, 5.74) is 0.381. The van der Waals surface area contributed by atoms with E-state index in [2.05, 4.69) is 0 Å². The third-order valence-electron chi connectivity index (χ3n) is 3.77. The van der Waals surface area contributed by atoms with E-state index in [1.807, 2.05) is 24.3 Å². The number of ether oxygens (including phenoxy) is 2. The molecule has 5 heteroatoms. The number of fused-ring (bicyclic) bond motifs is 1. The molecule has 0 fully saturated rings. The summed E-state index contributed by atoms with van der Waals surface area (Å²) in [5.74, 6) is -1.31. The van der Waals surface area contributed by atoms with Crippen molar-refractivity contribution in [1.29, 1.82) is 0 Å². The molecule has 0 atom stereocenters. The Labute approximate surface area is 143 Å². The molecule has 0 radical (unpaired) electrons. The van der Waals surface area contributed by atoms with E-state index in [0.717, 1.165) is 16.8 Å². The Hall–Kier alpha value is -3.21. The number of carbonyl (C=O) groups excluding carboxylic acids is 2. The van der Waals surface area contributed by atoms with Gasteiger partial charge in [-0.15, -0.1) is 0 Å². The minimum absolute atomic E-state index is 0.151. The Bertz CT molecular complexity index is 949. The van der Waals surface area contributed by atoms with E-state index in [9.17, 15) is 14.0 Å². The predicted octanol–water partition coefficient (Wildman–Crippen LogP) is 4.03. The fourth-order valence-electron chi connectivity index (χ4n) is 2.50. The van der Waals surface area contributed by atoms with Gasteiger partial charge in [0.05, 0.1) is 7.11 Å². The van der Waals surface area contributed by atoms with Crippen LogP contribution in [0.2, 0.25) is 0 Å². The summed E-state index contributed by atoms with van der Waals surface area (Å²) in [6.45, 7) is -0.474. The van der Waals surface area contributed by atoms with Crippen molar-refractivity contribution in [2.75, 3.05) is 13.7 Å². The molecule has 0 unspecified atom stereocenters. The zero-order valence-corrected chi connectivity index (χ0v) is 13.5. The van der Waals surface area contributed by atoms with E-state index in [-0.39, 0.29) is 11.1 Å². The van der Waals surface area contributed by atoms with Crippen LogP contribution in [0.4, 0.5) is 4.39 Å². The average molecular weight is 338 g/mol. The first-order valence-corrected chi connectivity index (χ1v) is 7.61. The SMILES string of the molecule is COc1cc2ccccc2cc1C(=O)OCC(=O)c1cccc(F)c1. The molecule has 0 saturated carbocycles. The second-order valence-corrected chi connectivity index (χ2v) is 5.41. The third-order valence-corrected chi connectivity index (χ3v) is 3.77. The molecule has 0 aliphatic rings. The van der Waals surface area contributed by atoms with Gasteiger partial charge in [0.1, 0.15) is 17.1 Å². The molecule has 0 amide bonds. The van der Waals surface area contributed by atoms with Gasteiger partial charge in [0.15, 0.2) is 12.4 Å². The minimum atomic E-state index is -0.674. The standard InChI is InChI=1S/C20H15FO4/c1-24-19-11-14-6-3-2-5-13(14)10-17(19)20(23)25-12-18(22)15-7-4-8-16(21)9-15/h2-11H,12H2,1H3. The van der Waals surface area contributed by atoms with Crippen molar-refractivity contribution in [3.63, 3.8) is 0 Å². The third kappa shape index (κ3) is 3.66. The maximum Gasteiger partial charge on any atom is 0.342 e. The molecule has 0 aromatic heterocycles. The van der Waals surface area contributed by atoms with E-state index in [4.69, 9.17) is 9.47 Å². The molecule has 126 valence electrons. The summed E-state index contributed by atoms with van der Waals surface area (Å²) >= 11 is 0. The molecule has 0 spiro atoms. The number of halogens is 1. The van der Waals surface area contributed by atoms with Crippen molar-refractivity contribution < 1.29 is 23.5 Å². The summed E-state index contributed by atoms with van der Waals surface area (Å²) in [4.78, 5) is 24.4. The zero-order chi connectivity index (χ0) is 17.8. The highest BCUT2D eigenvalue weighted by molar-refractivity contribution is 6.02. The van der Waals surface area contributed by atoms with Crippen LogP contribution in [0, 0.1) is 5.82 Å². The number of hydrogen-bond donors (Lipinski definition) is 0. The van der Waals surface area contributed by atoms with Gasteiger partial charge in [-0.2, -0.15) is 0 Å². The number of benzene rings is 3. The van der Waals surface area contributed by atoms with Crippen LogP contribution < -0.4 is 4.74 Å². The summed E-state index contributed by atoms with van der Waals surface area (Å²) in [7, 11) is 1.46. The van der Waals surface area contributed by atoms with Crippen molar-refractivity contribution in [2.45, 2.75) is 0 Å². The summed E-state index contributed by atoms with van der Waals surface area (Å²) in [6.07, 6.45) is 0. The number of methoxy groups -OCH3 is 1. The highest BCUT2D eigenvalue weighted by atomic mass is 19.1. The molecule has 4 nitrogen and oxygen atoms in total. The maximum atomic E-state index is 13.2. The van der Waals surface area contributed by atoms with Gasteiger partial charge in [0.25, 0.3) is 0 Å². The van der Waals surface area contributed by atoms with Crippen LogP contribution in [-0.2, 0) is 4.74 Å². The monoisotopic (exact) mass is 338 g/mol. The van der Waals surface area contributed by atoms with Gasteiger partial charge in [-0.25, -0.2) is 9.18 Å². The second kappa shape index (κ2) is 7.13. The van der Waals surface area contributed by atoms with Crippen LogP contribution in [0.1, 0.15) is 20.7 Å². The Morgan fingerprint density at radius 3 is 2.36 bits per heavy atom. The number of esters is 1. The van der Waals surface area contributed by atoms with Crippen molar-refractivity contribution in [3.8, 4) is 5.75 Å². The van der Waals surface area contributed by atoms with E-state index < -0.39 is 24.2 Å².